The van der Waals surface area contributed by atoms with E-state index < -0.39 is 0 Å². The molecule has 0 aliphatic heterocycles. The topological polar surface area (TPSA) is 29.1 Å². The maximum absolute atomic E-state index is 13.4. The van der Waals surface area contributed by atoms with Gasteiger partial charge >= 0.3 is 0 Å². The number of amides is 1. The Balaban J connectivity index is 1.85. The number of thioether (sulfide) groups is 1. The lowest BCUT2D eigenvalue weighted by Gasteiger charge is -2.09. The minimum Gasteiger partial charge on any atom is -0.326 e. The van der Waals surface area contributed by atoms with Crippen molar-refractivity contribution in [2.24, 2.45) is 0 Å². The van der Waals surface area contributed by atoms with Crippen LogP contribution in [0.3, 0.4) is 0 Å². The van der Waals surface area contributed by atoms with Crippen LogP contribution in [-0.4, -0.2) is 11.7 Å². The first kappa shape index (κ1) is 15.6. The summed E-state index contributed by atoms with van der Waals surface area (Å²) in [5, 5.41) is 2.91. The SMILES string of the molecule is Cc1ccc(C)c(NC(=O)CCSc2ccccc2F)c1. The number of hydrogen-bond donors (Lipinski definition) is 1. The molecular formula is C17H18FNOS. The molecule has 0 saturated heterocycles. The van der Waals surface area contributed by atoms with Crippen LogP contribution in [0, 0.1) is 19.7 Å². The normalized spacial score (nSPS) is 10.4. The predicted molar refractivity (Wildman–Crippen MR) is 86.3 cm³/mol. The molecule has 0 radical (unpaired) electrons. The van der Waals surface area contributed by atoms with E-state index in [1.807, 2.05) is 32.0 Å². The smallest absolute Gasteiger partial charge is 0.225 e. The van der Waals surface area contributed by atoms with Gasteiger partial charge in [-0.3, -0.25) is 4.79 Å². The Hall–Kier alpha value is -1.81. The molecule has 0 aromatic heterocycles. The average Bonchev–Trinajstić information content (AvgIpc) is 2.45. The zero-order valence-corrected chi connectivity index (χ0v) is 13.0. The summed E-state index contributed by atoms with van der Waals surface area (Å²) in [6, 6.07) is 12.6. The van der Waals surface area contributed by atoms with Crippen LogP contribution in [0.15, 0.2) is 47.4 Å². The van der Waals surface area contributed by atoms with E-state index in [0.717, 1.165) is 16.8 Å². The summed E-state index contributed by atoms with van der Waals surface area (Å²) in [5.74, 6) is 0.266. The second kappa shape index (κ2) is 7.27. The minimum absolute atomic E-state index is 0.0486. The van der Waals surface area contributed by atoms with Crippen molar-refractivity contribution < 1.29 is 9.18 Å². The molecule has 0 fully saturated rings. The third-order valence-electron chi connectivity index (χ3n) is 3.09. The van der Waals surface area contributed by atoms with Gasteiger partial charge in [-0.25, -0.2) is 4.39 Å². The highest BCUT2D eigenvalue weighted by Gasteiger charge is 2.07. The van der Waals surface area contributed by atoms with Gasteiger partial charge in [-0.05, 0) is 43.2 Å². The quantitative estimate of drug-likeness (QED) is 0.820. The number of halogens is 1. The molecule has 1 N–H and O–H groups in total. The van der Waals surface area contributed by atoms with Gasteiger partial charge in [-0.1, -0.05) is 24.3 Å². The Bertz CT molecular complexity index is 642. The van der Waals surface area contributed by atoms with Crippen LogP contribution in [0.4, 0.5) is 10.1 Å². The van der Waals surface area contributed by atoms with Gasteiger partial charge in [0, 0.05) is 22.8 Å². The first-order chi connectivity index (χ1) is 10.1. The van der Waals surface area contributed by atoms with Crippen molar-refractivity contribution in [1.82, 2.24) is 0 Å². The van der Waals surface area contributed by atoms with E-state index in [1.165, 1.54) is 17.8 Å². The van der Waals surface area contributed by atoms with Gasteiger partial charge in [0.25, 0.3) is 0 Å². The third kappa shape index (κ3) is 4.60. The molecule has 2 nitrogen and oxygen atoms in total. The molecule has 0 atom stereocenters. The van der Waals surface area contributed by atoms with E-state index in [1.54, 1.807) is 18.2 Å². The van der Waals surface area contributed by atoms with E-state index in [-0.39, 0.29) is 11.7 Å². The fraction of sp³-hybridized carbons (Fsp3) is 0.235. The summed E-state index contributed by atoms with van der Waals surface area (Å²) in [7, 11) is 0. The highest BCUT2D eigenvalue weighted by molar-refractivity contribution is 7.99. The van der Waals surface area contributed by atoms with Gasteiger partial charge < -0.3 is 5.32 Å². The molecule has 0 aliphatic rings. The zero-order chi connectivity index (χ0) is 15.2. The number of anilines is 1. The van der Waals surface area contributed by atoms with E-state index >= 15 is 0 Å². The van der Waals surface area contributed by atoms with E-state index in [2.05, 4.69) is 5.32 Å². The van der Waals surface area contributed by atoms with Gasteiger partial charge in [-0.15, -0.1) is 11.8 Å². The van der Waals surface area contributed by atoms with Crippen LogP contribution < -0.4 is 5.32 Å². The molecule has 2 aromatic carbocycles. The second-order valence-corrected chi connectivity index (χ2v) is 6.03. The Labute approximate surface area is 128 Å². The van der Waals surface area contributed by atoms with Crippen LogP contribution >= 0.6 is 11.8 Å². The lowest BCUT2D eigenvalue weighted by atomic mass is 10.1. The monoisotopic (exact) mass is 303 g/mol. The first-order valence-electron chi connectivity index (χ1n) is 6.80. The summed E-state index contributed by atoms with van der Waals surface area (Å²) in [4.78, 5) is 12.5. The number of hydrogen-bond acceptors (Lipinski definition) is 2. The maximum Gasteiger partial charge on any atom is 0.225 e. The molecular weight excluding hydrogens is 285 g/mol. The van der Waals surface area contributed by atoms with Gasteiger partial charge in [0.05, 0.1) is 0 Å². The molecule has 4 heteroatoms. The number of aryl methyl sites for hydroxylation is 2. The predicted octanol–water partition coefficient (Wildman–Crippen LogP) is 4.56. The fourth-order valence-corrected chi connectivity index (χ4v) is 2.79. The molecule has 0 spiro atoms. The number of carbonyl (C=O) groups excluding carboxylic acids is 1. The Morgan fingerprint density at radius 2 is 1.95 bits per heavy atom. The van der Waals surface area contributed by atoms with Gasteiger partial charge in [-0.2, -0.15) is 0 Å². The molecule has 2 rings (SSSR count). The standard InChI is InChI=1S/C17H18FNOS/c1-12-7-8-13(2)15(11-12)19-17(20)9-10-21-16-6-4-3-5-14(16)18/h3-8,11H,9-10H2,1-2H3,(H,19,20). The summed E-state index contributed by atoms with van der Waals surface area (Å²) >= 11 is 1.36. The molecule has 0 heterocycles. The van der Waals surface area contributed by atoms with E-state index in [4.69, 9.17) is 0 Å². The van der Waals surface area contributed by atoms with Crippen LogP contribution in [0.25, 0.3) is 0 Å². The van der Waals surface area contributed by atoms with Gasteiger partial charge in [0.15, 0.2) is 0 Å². The van der Waals surface area contributed by atoms with Crippen molar-refractivity contribution >= 4 is 23.4 Å². The molecule has 0 bridgehead atoms. The largest absolute Gasteiger partial charge is 0.326 e. The Morgan fingerprint density at radius 1 is 1.19 bits per heavy atom. The number of carbonyl (C=O) groups is 1. The molecule has 2 aromatic rings. The van der Waals surface area contributed by atoms with E-state index in [0.29, 0.717) is 17.1 Å². The summed E-state index contributed by atoms with van der Waals surface area (Å²) < 4.78 is 13.4. The van der Waals surface area contributed by atoms with Gasteiger partial charge in [0.2, 0.25) is 5.91 Å². The third-order valence-corrected chi connectivity index (χ3v) is 4.14. The van der Waals surface area contributed by atoms with Crippen molar-refractivity contribution in [1.29, 1.82) is 0 Å². The van der Waals surface area contributed by atoms with Crippen molar-refractivity contribution in [2.75, 3.05) is 11.1 Å². The maximum atomic E-state index is 13.4. The number of rotatable bonds is 5. The summed E-state index contributed by atoms with van der Waals surface area (Å²) in [6.45, 7) is 3.95. The highest BCUT2D eigenvalue weighted by atomic mass is 32.2. The van der Waals surface area contributed by atoms with Gasteiger partial charge in [0.1, 0.15) is 5.82 Å². The van der Waals surface area contributed by atoms with Crippen LogP contribution in [0.1, 0.15) is 17.5 Å². The molecule has 0 aliphatic carbocycles. The van der Waals surface area contributed by atoms with Crippen LogP contribution in [-0.2, 0) is 4.79 Å². The van der Waals surface area contributed by atoms with Crippen molar-refractivity contribution in [2.45, 2.75) is 25.2 Å². The molecule has 110 valence electrons. The van der Waals surface area contributed by atoms with Crippen LogP contribution in [0.2, 0.25) is 0 Å². The lowest BCUT2D eigenvalue weighted by molar-refractivity contribution is -0.115. The second-order valence-electron chi connectivity index (χ2n) is 4.90. The average molecular weight is 303 g/mol. The molecule has 0 saturated carbocycles. The molecule has 21 heavy (non-hydrogen) atoms. The first-order valence-corrected chi connectivity index (χ1v) is 7.79. The van der Waals surface area contributed by atoms with Crippen molar-refractivity contribution in [3.63, 3.8) is 0 Å². The number of nitrogens with one attached hydrogen (secondary N) is 1. The molecule has 0 unspecified atom stereocenters. The van der Waals surface area contributed by atoms with Crippen molar-refractivity contribution in [3.05, 3.63) is 59.4 Å². The van der Waals surface area contributed by atoms with Crippen LogP contribution in [0.5, 0.6) is 0 Å². The lowest BCUT2D eigenvalue weighted by Crippen LogP contribution is -2.13. The summed E-state index contributed by atoms with van der Waals surface area (Å²) in [6.07, 6.45) is 0.354. The zero-order valence-electron chi connectivity index (χ0n) is 12.2. The van der Waals surface area contributed by atoms with Crippen molar-refractivity contribution in [3.8, 4) is 0 Å². The Kier molecular flexibility index (Phi) is 5.39. The summed E-state index contributed by atoms with van der Waals surface area (Å²) in [5.41, 5.74) is 2.99. The van der Waals surface area contributed by atoms with E-state index in [9.17, 15) is 9.18 Å². The minimum atomic E-state index is -0.238. The number of benzene rings is 2. The fourth-order valence-electron chi connectivity index (χ4n) is 1.90. The highest BCUT2D eigenvalue weighted by Crippen LogP contribution is 2.22. The molecule has 1 amide bonds. The Morgan fingerprint density at radius 3 is 2.71 bits per heavy atom.